The largest absolute Gasteiger partial charge is 0.478 e. The molecule has 0 fully saturated rings. The monoisotopic (exact) mass is 206 g/mol. The summed E-state index contributed by atoms with van der Waals surface area (Å²) in [7, 11) is 0. The van der Waals surface area contributed by atoms with Gasteiger partial charge < -0.3 is 14.1 Å². The molecule has 0 saturated carbocycles. The maximum atomic E-state index is 10.7. The van der Waals surface area contributed by atoms with Gasteiger partial charge in [0.15, 0.2) is 11.6 Å². The van der Waals surface area contributed by atoms with Gasteiger partial charge in [-0.3, -0.25) is 0 Å². The summed E-state index contributed by atoms with van der Waals surface area (Å²) in [6, 6.07) is 1.47. The Hall–Kier alpha value is -2.04. The first-order valence-electron chi connectivity index (χ1n) is 4.55. The molecule has 0 aliphatic carbocycles. The number of hydrogen-bond donors (Lipinski definition) is 1. The zero-order valence-corrected chi connectivity index (χ0v) is 8.17. The number of nitrogens with zero attached hydrogens (tertiary/aromatic N) is 2. The molecule has 0 aliphatic rings. The maximum absolute atomic E-state index is 10.7. The minimum atomic E-state index is -1.00. The Morgan fingerprint density at radius 1 is 1.67 bits per heavy atom. The predicted molar refractivity (Wildman–Crippen MR) is 52.6 cm³/mol. The molecule has 5 heteroatoms. The molecule has 15 heavy (non-hydrogen) atoms. The first-order valence-corrected chi connectivity index (χ1v) is 4.55. The van der Waals surface area contributed by atoms with Crippen molar-refractivity contribution in [1.29, 1.82) is 0 Å². The molecular formula is C10H10N2O3. The number of aromatic carboxylic acids is 1. The van der Waals surface area contributed by atoms with Gasteiger partial charge in [-0.15, -0.1) is 0 Å². The maximum Gasteiger partial charge on any atom is 0.338 e. The van der Waals surface area contributed by atoms with Gasteiger partial charge in [-0.2, -0.15) is 0 Å². The Kier molecular flexibility index (Phi) is 2.29. The molecule has 0 atom stereocenters. The van der Waals surface area contributed by atoms with E-state index < -0.39 is 5.97 Å². The number of carboxylic acids is 1. The van der Waals surface area contributed by atoms with E-state index in [0.717, 1.165) is 6.54 Å². The second-order valence-electron chi connectivity index (χ2n) is 3.04. The Balaban J connectivity index is 2.41. The van der Waals surface area contributed by atoms with Crippen molar-refractivity contribution in [3.63, 3.8) is 0 Å². The van der Waals surface area contributed by atoms with Crippen LogP contribution in [0, 0.1) is 0 Å². The molecule has 0 unspecified atom stereocenters. The average molecular weight is 206 g/mol. The van der Waals surface area contributed by atoms with E-state index >= 15 is 0 Å². The summed E-state index contributed by atoms with van der Waals surface area (Å²) in [6.45, 7) is 2.74. The third-order valence-corrected chi connectivity index (χ3v) is 2.12. The lowest BCUT2D eigenvalue weighted by molar-refractivity contribution is 0.0696. The molecule has 0 bridgehead atoms. The normalized spacial score (nSPS) is 10.5. The summed E-state index contributed by atoms with van der Waals surface area (Å²) in [5.41, 5.74) is 0.135. The van der Waals surface area contributed by atoms with Crippen LogP contribution in [-0.2, 0) is 6.54 Å². The van der Waals surface area contributed by atoms with E-state index in [2.05, 4.69) is 4.98 Å². The number of rotatable bonds is 3. The molecule has 2 heterocycles. The van der Waals surface area contributed by atoms with Crippen molar-refractivity contribution in [2.45, 2.75) is 13.5 Å². The van der Waals surface area contributed by atoms with Gasteiger partial charge in [0.1, 0.15) is 6.26 Å². The van der Waals surface area contributed by atoms with E-state index in [4.69, 9.17) is 9.52 Å². The fourth-order valence-corrected chi connectivity index (χ4v) is 1.36. The number of carbonyl (C=O) groups is 1. The van der Waals surface area contributed by atoms with Crippen LogP contribution < -0.4 is 0 Å². The van der Waals surface area contributed by atoms with Crippen molar-refractivity contribution in [3.05, 3.63) is 30.3 Å². The average Bonchev–Trinajstić information content (AvgIpc) is 2.85. The van der Waals surface area contributed by atoms with Crippen LogP contribution in [0.4, 0.5) is 0 Å². The molecule has 0 radical (unpaired) electrons. The van der Waals surface area contributed by atoms with E-state index in [-0.39, 0.29) is 5.56 Å². The Morgan fingerprint density at radius 2 is 2.47 bits per heavy atom. The van der Waals surface area contributed by atoms with E-state index in [0.29, 0.717) is 11.6 Å². The van der Waals surface area contributed by atoms with Crippen molar-refractivity contribution >= 4 is 5.97 Å². The summed E-state index contributed by atoms with van der Waals surface area (Å²) < 4.78 is 7.03. The number of hydrogen-bond acceptors (Lipinski definition) is 3. The third-order valence-electron chi connectivity index (χ3n) is 2.12. The van der Waals surface area contributed by atoms with E-state index in [1.54, 1.807) is 6.20 Å². The second kappa shape index (κ2) is 3.61. The fourth-order valence-electron chi connectivity index (χ4n) is 1.36. The number of aromatic nitrogens is 2. The molecule has 0 aromatic carbocycles. The highest BCUT2D eigenvalue weighted by atomic mass is 16.4. The molecule has 2 aromatic heterocycles. The molecule has 2 aromatic rings. The molecule has 2 rings (SSSR count). The van der Waals surface area contributed by atoms with Gasteiger partial charge in [-0.05, 0) is 6.92 Å². The van der Waals surface area contributed by atoms with Crippen LogP contribution in [0.1, 0.15) is 17.3 Å². The minimum Gasteiger partial charge on any atom is -0.478 e. The van der Waals surface area contributed by atoms with Crippen LogP contribution in [0.15, 0.2) is 29.1 Å². The van der Waals surface area contributed by atoms with Crippen molar-refractivity contribution in [1.82, 2.24) is 9.55 Å². The van der Waals surface area contributed by atoms with Gasteiger partial charge in [0.05, 0.1) is 5.56 Å². The molecule has 1 N–H and O–H groups in total. The smallest absolute Gasteiger partial charge is 0.338 e. The van der Waals surface area contributed by atoms with Gasteiger partial charge >= 0.3 is 5.97 Å². The Labute approximate surface area is 86.0 Å². The van der Waals surface area contributed by atoms with E-state index in [9.17, 15) is 4.79 Å². The topological polar surface area (TPSA) is 68.3 Å². The minimum absolute atomic E-state index is 0.135. The zero-order valence-electron chi connectivity index (χ0n) is 8.17. The van der Waals surface area contributed by atoms with Gasteiger partial charge in [0.25, 0.3) is 0 Å². The number of furan rings is 1. The second-order valence-corrected chi connectivity index (χ2v) is 3.04. The molecule has 0 aliphatic heterocycles. The van der Waals surface area contributed by atoms with Gasteiger partial charge in [0.2, 0.25) is 0 Å². The van der Waals surface area contributed by atoms with Crippen LogP contribution in [0.25, 0.3) is 11.6 Å². The van der Waals surface area contributed by atoms with Gasteiger partial charge in [-0.25, -0.2) is 9.78 Å². The summed E-state index contributed by atoms with van der Waals surface area (Å²) in [5.74, 6) is 0.115. The number of aryl methyl sites for hydroxylation is 1. The molecule has 5 nitrogen and oxygen atoms in total. The van der Waals surface area contributed by atoms with Gasteiger partial charge in [0, 0.05) is 25.0 Å². The summed E-state index contributed by atoms with van der Waals surface area (Å²) in [5, 5.41) is 8.73. The number of carboxylic acid groups (broad SMARTS) is 1. The molecule has 0 saturated heterocycles. The van der Waals surface area contributed by atoms with Crippen LogP contribution in [-0.4, -0.2) is 20.6 Å². The summed E-state index contributed by atoms with van der Waals surface area (Å²) >= 11 is 0. The highest BCUT2D eigenvalue weighted by molar-refractivity contribution is 5.88. The molecule has 78 valence electrons. The molecule has 0 amide bonds. The van der Waals surface area contributed by atoms with Crippen molar-refractivity contribution < 1.29 is 14.3 Å². The van der Waals surface area contributed by atoms with E-state index in [1.165, 1.54) is 12.3 Å². The van der Waals surface area contributed by atoms with Crippen molar-refractivity contribution in [3.8, 4) is 11.6 Å². The van der Waals surface area contributed by atoms with Crippen LogP contribution in [0.3, 0.4) is 0 Å². The highest BCUT2D eigenvalue weighted by Crippen LogP contribution is 2.20. The van der Waals surface area contributed by atoms with Crippen molar-refractivity contribution in [2.75, 3.05) is 0 Å². The quantitative estimate of drug-likeness (QED) is 0.832. The van der Waals surface area contributed by atoms with Crippen LogP contribution >= 0.6 is 0 Å². The van der Waals surface area contributed by atoms with Crippen LogP contribution in [0.5, 0.6) is 0 Å². The Morgan fingerprint density at radius 3 is 3.07 bits per heavy atom. The predicted octanol–water partition coefficient (Wildman–Crippen LogP) is 1.86. The summed E-state index contributed by atoms with van der Waals surface area (Å²) in [4.78, 5) is 14.8. The lowest BCUT2D eigenvalue weighted by Gasteiger charge is -1.99. The summed E-state index contributed by atoms with van der Waals surface area (Å²) in [6.07, 6.45) is 4.69. The number of imidazole rings is 1. The Bertz CT molecular complexity index is 484. The standard InChI is InChI=1S/C10H10N2O3/c1-2-12-4-3-11-9(12)8-5-7(6-15-8)10(13)14/h3-6H,2H2,1H3,(H,13,14). The lowest BCUT2D eigenvalue weighted by atomic mass is 10.3. The fraction of sp³-hybridized carbons (Fsp3) is 0.200. The highest BCUT2D eigenvalue weighted by Gasteiger charge is 2.13. The van der Waals surface area contributed by atoms with Crippen LogP contribution in [0.2, 0.25) is 0 Å². The first-order chi connectivity index (χ1) is 7.22. The van der Waals surface area contributed by atoms with E-state index in [1.807, 2.05) is 17.7 Å². The van der Waals surface area contributed by atoms with Gasteiger partial charge in [-0.1, -0.05) is 0 Å². The SMILES string of the molecule is CCn1ccnc1-c1cc(C(=O)O)co1. The molecular weight excluding hydrogens is 196 g/mol. The third kappa shape index (κ3) is 1.63. The lowest BCUT2D eigenvalue weighted by Crippen LogP contribution is -1.95. The zero-order chi connectivity index (χ0) is 10.8. The molecule has 0 spiro atoms. The first kappa shape index (κ1) is 9.51. The van der Waals surface area contributed by atoms with Crippen molar-refractivity contribution in [2.24, 2.45) is 0 Å².